The van der Waals surface area contributed by atoms with Gasteiger partial charge in [0.25, 0.3) is 0 Å². The third kappa shape index (κ3) is 3.55. The SMILES string of the molecule is COc1ccc(C(=Nc2ccccc2)C(=O)c2cccs2)cc1. The van der Waals surface area contributed by atoms with E-state index in [1.54, 1.807) is 7.11 Å². The van der Waals surface area contributed by atoms with Crippen molar-refractivity contribution in [1.82, 2.24) is 0 Å². The van der Waals surface area contributed by atoms with Gasteiger partial charge in [-0.1, -0.05) is 24.3 Å². The number of carbonyl (C=O) groups excluding carboxylic acids is 1. The monoisotopic (exact) mass is 321 g/mol. The number of nitrogens with zero attached hydrogens (tertiary/aromatic N) is 1. The van der Waals surface area contributed by atoms with E-state index in [2.05, 4.69) is 4.99 Å². The van der Waals surface area contributed by atoms with Crippen LogP contribution in [0.15, 0.2) is 77.1 Å². The Kier molecular flexibility index (Phi) is 4.64. The Balaban J connectivity index is 2.05. The minimum atomic E-state index is -0.0750. The summed E-state index contributed by atoms with van der Waals surface area (Å²) in [6.45, 7) is 0. The largest absolute Gasteiger partial charge is 0.497 e. The van der Waals surface area contributed by atoms with Crippen molar-refractivity contribution >= 4 is 28.5 Å². The van der Waals surface area contributed by atoms with Crippen molar-refractivity contribution in [3.63, 3.8) is 0 Å². The molecule has 0 aliphatic heterocycles. The molecule has 0 unspecified atom stereocenters. The molecule has 0 bridgehead atoms. The predicted octanol–water partition coefficient (Wildman–Crippen LogP) is 4.76. The number of methoxy groups -OCH3 is 1. The summed E-state index contributed by atoms with van der Waals surface area (Å²) in [6, 6.07) is 20.5. The number of ether oxygens (including phenoxy) is 1. The molecular formula is C19H15NO2S. The van der Waals surface area contributed by atoms with Crippen LogP contribution in [0.25, 0.3) is 0 Å². The molecule has 0 spiro atoms. The highest BCUT2D eigenvalue weighted by Gasteiger charge is 2.17. The van der Waals surface area contributed by atoms with Gasteiger partial charge in [-0.15, -0.1) is 11.3 Å². The van der Waals surface area contributed by atoms with Gasteiger partial charge in [-0.25, -0.2) is 4.99 Å². The fourth-order valence-electron chi connectivity index (χ4n) is 2.15. The molecule has 0 fully saturated rings. The molecule has 0 radical (unpaired) electrons. The van der Waals surface area contributed by atoms with Crippen LogP contribution in [-0.2, 0) is 0 Å². The van der Waals surface area contributed by atoms with E-state index >= 15 is 0 Å². The molecule has 1 heterocycles. The number of hydrogen-bond donors (Lipinski definition) is 0. The third-order valence-electron chi connectivity index (χ3n) is 3.32. The van der Waals surface area contributed by atoms with Gasteiger partial charge in [0, 0.05) is 5.56 Å². The second kappa shape index (κ2) is 7.03. The zero-order chi connectivity index (χ0) is 16.1. The van der Waals surface area contributed by atoms with Crippen LogP contribution in [-0.4, -0.2) is 18.6 Å². The molecular weight excluding hydrogens is 306 g/mol. The Morgan fingerprint density at radius 1 is 0.957 bits per heavy atom. The Morgan fingerprint density at radius 2 is 1.70 bits per heavy atom. The van der Waals surface area contributed by atoms with Gasteiger partial charge in [-0.3, -0.25) is 4.79 Å². The molecule has 114 valence electrons. The second-order valence-corrected chi connectivity index (χ2v) is 5.78. The van der Waals surface area contributed by atoms with Crippen molar-refractivity contribution in [2.24, 2.45) is 4.99 Å². The van der Waals surface area contributed by atoms with Gasteiger partial charge in [0.15, 0.2) is 0 Å². The molecule has 1 aromatic heterocycles. The lowest BCUT2D eigenvalue weighted by Gasteiger charge is -2.07. The molecule has 0 N–H and O–H groups in total. The first kappa shape index (κ1) is 15.2. The third-order valence-corrected chi connectivity index (χ3v) is 4.19. The molecule has 2 aromatic carbocycles. The van der Waals surface area contributed by atoms with Crippen LogP contribution < -0.4 is 4.74 Å². The van der Waals surface area contributed by atoms with Crippen molar-refractivity contribution in [1.29, 1.82) is 0 Å². The van der Waals surface area contributed by atoms with Crippen molar-refractivity contribution in [2.75, 3.05) is 7.11 Å². The predicted molar refractivity (Wildman–Crippen MR) is 94.3 cm³/mol. The first-order valence-corrected chi connectivity index (χ1v) is 8.02. The van der Waals surface area contributed by atoms with E-state index in [9.17, 15) is 4.79 Å². The Morgan fingerprint density at radius 3 is 2.30 bits per heavy atom. The maximum Gasteiger partial charge on any atom is 0.221 e. The van der Waals surface area contributed by atoms with Gasteiger partial charge in [0.1, 0.15) is 11.5 Å². The van der Waals surface area contributed by atoms with Gasteiger partial charge in [0.05, 0.1) is 17.7 Å². The minimum Gasteiger partial charge on any atom is -0.497 e. The van der Waals surface area contributed by atoms with Gasteiger partial charge >= 0.3 is 0 Å². The highest BCUT2D eigenvalue weighted by molar-refractivity contribution is 7.13. The molecule has 0 amide bonds. The molecule has 0 atom stereocenters. The smallest absolute Gasteiger partial charge is 0.221 e. The summed E-state index contributed by atoms with van der Waals surface area (Å²) in [6.07, 6.45) is 0. The number of aliphatic imine (C=N–C) groups is 1. The van der Waals surface area contributed by atoms with Crippen molar-refractivity contribution in [3.8, 4) is 5.75 Å². The Hall–Kier alpha value is -2.72. The maximum absolute atomic E-state index is 12.8. The lowest BCUT2D eigenvalue weighted by atomic mass is 10.0. The first-order chi connectivity index (χ1) is 11.3. The first-order valence-electron chi connectivity index (χ1n) is 7.14. The molecule has 3 nitrogen and oxygen atoms in total. The van der Waals surface area contributed by atoms with Crippen LogP contribution >= 0.6 is 11.3 Å². The number of Topliss-reactive ketones (excluding diaryl/α,β-unsaturated/α-hetero) is 1. The fraction of sp³-hybridized carbons (Fsp3) is 0.0526. The van der Waals surface area contributed by atoms with Gasteiger partial charge < -0.3 is 4.74 Å². The summed E-state index contributed by atoms with van der Waals surface area (Å²) in [5.41, 5.74) is 1.96. The standard InChI is InChI=1S/C19H15NO2S/c1-22-16-11-9-14(10-12-16)18(19(21)17-8-5-13-23-17)20-15-6-3-2-4-7-15/h2-13H,1H3. The van der Waals surface area contributed by atoms with Crippen LogP contribution in [0, 0.1) is 0 Å². The summed E-state index contributed by atoms with van der Waals surface area (Å²) in [5, 5.41) is 1.89. The van der Waals surface area contributed by atoms with Crippen LogP contribution in [0.1, 0.15) is 15.2 Å². The number of para-hydroxylation sites is 1. The highest BCUT2D eigenvalue weighted by Crippen LogP contribution is 2.20. The molecule has 3 rings (SSSR count). The number of thiophene rings is 1. The molecule has 4 heteroatoms. The van der Waals surface area contributed by atoms with Crippen LogP contribution in [0.5, 0.6) is 5.75 Å². The second-order valence-electron chi connectivity index (χ2n) is 4.83. The summed E-state index contributed by atoms with van der Waals surface area (Å²) in [5.74, 6) is 0.672. The van der Waals surface area contributed by atoms with E-state index in [-0.39, 0.29) is 5.78 Å². The number of hydrogen-bond acceptors (Lipinski definition) is 4. The molecule has 0 aliphatic carbocycles. The Bertz CT molecular complexity index is 806. The summed E-state index contributed by atoms with van der Waals surface area (Å²) >= 11 is 1.42. The molecule has 0 saturated heterocycles. The van der Waals surface area contributed by atoms with Gasteiger partial charge in [-0.05, 0) is 47.8 Å². The lowest BCUT2D eigenvalue weighted by molar-refractivity contribution is 0.107. The maximum atomic E-state index is 12.8. The van der Waals surface area contributed by atoms with Crippen molar-refractivity contribution < 1.29 is 9.53 Å². The topological polar surface area (TPSA) is 38.7 Å². The normalized spacial score (nSPS) is 11.3. The Labute approximate surface area is 138 Å². The van der Waals surface area contributed by atoms with Crippen LogP contribution in [0.2, 0.25) is 0 Å². The van der Waals surface area contributed by atoms with Crippen molar-refractivity contribution in [3.05, 3.63) is 82.6 Å². The zero-order valence-corrected chi connectivity index (χ0v) is 13.4. The molecule has 0 aliphatic rings. The highest BCUT2D eigenvalue weighted by atomic mass is 32.1. The molecule has 23 heavy (non-hydrogen) atoms. The van der Waals surface area contributed by atoms with Gasteiger partial charge in [0.2, 0.25) is 5.78 Å². The summed E-state index contributed by atoms with van der Waals surface area (Å²) in [4.78, 5) is 18.1. The van der Waals surface area contributed by atoms with E-state index < -0.39 is 0 Å². The van der Waals surface area contributed by atoms with E-state index in [0.29, 0.717) is 10.6 Å². The lowest BCUT2D eigenvalue weighted by Crippen LogP contribution is -2.14. The van der Waals surface area contributed by atoms with E-state index in [0.717, 1.165) is 17.0 Å². The summed E-state index contributed by atoms with van der Waals surface area (Å²) < 4.78 is 5.18. The molecule has 0 saturated carbocycles. The fourth-order valence-corrected chi connectivity index (χ4v) is 2.82. The number of benzene rings is 2. The van der Waals surface area contributed by atoms with E-state index in [4.69, 9.17) is 4.74 Å². The van der Waals surface area contributed by atoms with Crippen LogP contribution in [0.4, 0.5) is 5.69 Å². The number of carbonyl (C=O) groups is 1. The number of ketones is 1. The number of rotatable bonds is 5. The average molecular weight is 321 g/mol. The van der Waals surface area contributed by atoms with Gasteiger partial charge in [-0.2, -0.15) is 0 Å². The minimum absolute atomic E-state index is 0.0750. The zero-order valence-electron chi connectivity index (χ0n) is 12.6. The average Bonchev–Trinajstić information content (AvgIpc) is 3.15. The summed E-state index contributed by atoms with van der Waals surface area (Å²) in [7, 11) is 1.62. The van der Waals surface area contributed by atoms with Crippen molar-refractivity contribution in [2.45, 2.75) is 0 Å². The van der Waals surface area contributed by atoms with E-state index in [1.807, 2.05) is 72.1 Å². The quantitative estimate of drug-likeness (QED) is 0.502. The molecule has 3 aromatic rings. The van der Waals surface area contributed by atoms with E-state index in [1.165, 1.54) is 11.3 Å². The van der Waals surface area contributed by atoms with Crippen LogP contribution in [0.3, 0.4) is 0 Å².